The summed E-state index contributed by atoms with van der Waals surface area (Å²) in [6, 6.07) is 0. The molecule has 156 valence electrons. The molecule has 0 radical (unpaired) electrons. The number of rotatable bonds is 10. The molecule has 0 aromatic carbocycles. The van der Waals surface area contributed by atoms with Gasteiger partial charge in [0.15, 0.2) is 0 Å². The van der Waals surface area contributed by atoms with Crippen molar-refractivity contribution in [1.29, 1.82) is 0 Å². The van der Waals surface area contributed by atoms with Crippen molar-refractivity contribution >= 4 is 5.97 Å². The van der Waals surface area contributed by atoms with Gasteiger partial charge in [0, 0.05) is 0 Å². The average molecular weight is 377 g/mol. The molecule has 2 nitrogen and oxygen atoms in total. The fourth-order valence-electron chi connectivity index (χ4n) is 6.65. The van der Waals surface area contributed by atoms with Crippen LogP contribution in [-0.4, -0.2) is 12.6 Å². The minimum atomic E-state index is 0.0854. The van der Waals surface area contributed by atoms with Crippen molar-refractivity contribution in [3.05, 3.63) is 0 Å². The van der Waals surface area contributed by atoms with E-state index in [1.165, 1.54) is 89.9 Å². The third-order valence-corrected chi connectivity index (χ3v) is 8.65. The first-order valence-corrected chi connectivity index (χ1v) is 12.3. The Labute approximate surface area is 168 Å². The summed E-state index contributed by atoms with van der Waals surface area (Å²) >= 11 is 0. The third kappa shape index (κ3) is 5.10. The summed E-state index contributed by atoms with van der Waals surface area (Å²) in [5.41, 5.74) is 1.36. The number of carbonyl (C=O) groups is 1. The average Bonchev–Trinajstić information content (AvgIpc) is 2.73. The molecule has 0 spiro atoms. The Bertz CT molecular complexity index is 436. The zero-order chi connectivity index (χ0) is 19.2. The lowest BCUT2D eigenvalue weighted by Crippen LogP contribution is -2.46. The SMILES string of the molecule is CCCCCCCC12CCC(C3CCC(C(=O)OCCC)CC3)(CC1)CC2. The first-order chi connectivity index (χ1) is 13.1. The highest BCUT2D eigenvalue weighted by Crippen LogP contribution is 2.63. The monoisotopic (exact) mass is 376 g/mol. The Morgan fingerprint density at radius 1 is 0.815 bits per heavy atom. The molecule has 0 heterocycles. The van der Waals surface area contributed by atoms with E-state index in [4.69, 9.17) is 4.74 Å². The van der Waals surface area contributed by atoms with Gasteiger partial charge in [-0.2, -0.15) is 0 Å². The van der Waals surface area contributed by atoms with Crippen LogP contribution in [0, 0.1) is 22.7 Å². The van der Waals surface area contributed by atoms with Gasteiger partial charge in [0.2, 0.25) is 0 Å². The summed E-state index contributed by atoms with van der Waals surface area (Å²) in [7, 11) is 0. The molecule has 0 saturated heterocycles. The number of hydrogen-bond donors (Lipinski definition) is 0. The predicted octanol–water partition coefficient (Wildman–Crippen LogP) is 7.45. The molecule has 0 amide bonds. The molecule has 4 rings (SSSR count). The summed E-state index contributed by atoms with van der Waals surface area (Å²) in [6.45, 7) is 4.98. The van der Waals surface area contributed by atoms with Gasteiger partial charge in [-0.25, -0.2) is 0 Å². The van der Waals surface area contributed by atoms with Crippen LogP contribution in [0.1, 0.15) is 123 Å². The van der Waals surface area contributed by atoms with Gasteiger partial charge in [-0.15, -0.1) is 0 Å². The minimum Gasteiger partial charge on any atom is -0.465 e. The van der Waals surface area contributed by atoms with E-state index in [0.717, 1.165) is 30.6 Å². The number of hydrogen-bond acceptors (Lipinski definition) is 2. The highest BCUT2D eigenvalue weighted by atomic mass is 16.5. The Morgan fingerprint density at radius 2 is 1.44 bits per heavy atom. The minimum absolute atomic E-state index is 0.0854. The zero-order valence-corrected chi connectivity index (χ0v) is 18.2. The first kappa shape index (κ1) is 21.2. The molecule has 4 fully saturated rings. The van der Waals surface area contributed by atoms with Crippen LogP contribution in [0.25, 0.3) is 0 Å². The standard InChI is InChI=1S/C25H44O2/c1-3-5-6-7-8-13-24-14-17-25(18-15-24,19-16-24)22-11-9-21(10-12-22)23(26)27-20-4-2/h21-22H,3-20H2,1-2H3. The van der Waals surface area contributed by atoms with Gasteiger partial charge in [-0.1, -0.05) is 46.0 Å². The van der Waals surface area contributed by atoms with E-state index in [0.29, 0.717) is 12.0 Å². The number of esters is 1. The van der Waals surface area contributed by atoms with Gasteiger partial charge in [-0.3, -0.25) is 4.79 Å². The van der Waals surface area contributed by atoms with Crippen LogP contribution in [0.4, 0.5) is 0 Å². The van der Waals surface area contributed by atoms with Crippen molar-refractivity contribution in [2.75, 3.05) is 6.61 Å². The molecule has 0 N–H and O–H groups in total. The molecule has 0 unspecified atom stereocenters. The first-order valence-electron chi connectivity index (χ1n) is 12.3. The van der Waals surface area contributed by atoms with Crippen LogP contribution in [0.5, 0.6) is 0 Å². The van der Waals surface area contributed by atoms with E-state index in [1.54, 1.807) is 0 Å². The molecule has 4 saturated carbocycles. The zero-order valence-electron chi connectivity index (χ0n) is 18.2. The van der Waals surface area contributed by atoms with E-state index in [1.807, 2.05) is 0 Å². The summed E-state index contributed by atoms with van der Waals surface area (Å²) in [6.07, 6.45) is 23.2. The summed E-state index contributed by atoms with van der Waals surface area (Å²) in [5.74, 6) is 1.16. The van der Waals surface area contributed by atoms with Gasteiger partial charge in [0.05, 0.1) is 12.5 Å². The van der Waals surface area contributed by atoms with E-state index < -0.39 is 0 Å². The molecule has 4 aliphatic carbocycles. The lowest BCUT2D eigenvalue weighted by molar-refractivity contribution is -0.151. The van der Waals surface area contributed by atoms with Crippen LogP contribution >= 0.6 is 0 Å². The highest BCUT2D eigenvalue weighted by Gasteiger charge is 2.51. The van der Waals surface area contributed by atoms with Crippen molar-refractivity contribution in [2.45, 2.75) is 123 Å². The van der Waals surface area contributed by atoms with E-state index >= 15 is 0 Å². The second-order valence-electron chi connectivity index (χ2n) is 10.2. The Hall–Kier alpha value is -0.530. The molecule has 0 aromatic rings. The molecule has 0 aliphatic heterocycles. The van der Waals surface area contributed by atoms with Gasteiger partial charge < -0.3 is 4.74 Å². The summed E-state index contributed by atoms with van der Waals surface area (Å²) < 4.78 is 5.41. The van der Waals surface area contributed by atoms with Crippen LogP contribution in [0.3, 0.4) is 0 Å². The molecule has 0 atom stereocenters. The van der Waals surface area contributed by atoms with Crippen molar-refractivity contribution in [2.24, 2.45) is 22.7 Å². The molecule has 2 bridgehead atoms. The predicted molar refractivity (Wildman–Crippen MR) is 113 cm³/mol. The van der Waals surface area contributed by atoms with Gasteiger partial charge >= 0.3 is 5.97 Å². The van der Waals surface area contributed by atoms with Gasteiger partial charge in [0.25, 0.3) is 0 Å². The van der Waals surface area contributed by atoms with Crippen molar-refractivity contribution in [1.82, 2.24) is 0 Å². The second kappa shape index (κ2) is 9.79. The molecular weight excluding hydrogens is 332 g/mol. The maximum absolute atomic E-state index is 12.2. The Balaban J connectivity index is 1.43. The number of fused-ring (bicyclic) bond motifs is 3. The Kier molecular flexibility index (Phi) is 7.68. The summed E-state index contributed by atoms with van der Waals surface area (Å²) in [5, 5.41) is 0. The molecule has 27 heavy (non-hydrogen) atoms. The fraction of sp³-hybridized carbons (Fsp3) is 0.960. The second-order valence-corrected chi connectivity index (χ2v) is 10.2. The van der Waals surface area contributed by atoms with Crippen molar-refractivity contribution < 1.29 is 9.53 Å². The van der Waals surface area contributed by atoms with Crippen LogP contribution < -0.4 is 0 Å². The van der Waals surface area contributed by atoms with Crippen molar-refractivity contribution in [3.63, 3.8) is 0 Å². The largest absolute Gasteiger partial charge is 0.465 e. The summed E-state index contributed by atoms with van der Waals surface area (Å²) in [4.78, 5) is 12.2. The lowest BCUT2D eigenvalue weighted by Gasteiger charge is -2.58. The third-order valence-electron chi connectivity index (χ3n) is 8.65. The number of ether oxygens (including phenoxy) is 1. The topological polar surface area (TPSA) is 26.3 Å². The van der Waals surface area contributed by atoms with E-state index in [9.17, 15) is 4.79 Å². The highest BCUT2D eigenvalue weighted by molar-refractivity contribution is 5.72. The van der Waals surface area contributed by atoms with Crippen molar-refractivity contribution in [3.8, 4) is 0 Å². The van der Waals surface area contributed by atoms with Crippen LogP contribution in [0.2, 0.25) is 0 Å². The molecular formula is C25H44O2. The normalized spacial score (nSPS) is 35.9. The number of unbranched alkanes of at least 4 members (excludes halogenated alkanes) is 4. The van der Waals surface area contributed by atoms with Gasteiger partial charge in [0.1, 0.15) is 0 Å². The maximum atomic E-state index is 12.2. The molecule has 4 aliphatic rings. The quantitative estimate of drug-likeness (QED) is 0.292. The maximum Gasteiger partial charge on any atom is 0.308 e. The van der Waals surface area contributed by atoms with Gasteiger partial charge in [-0.05, 0) is 93.8 Å². The smallest absolute Gasteiger partial charge is 0.308 e. The number of carbonyl (C=O) groups excluding carboxylic acids is 1. The Morgan fingerprint density at radius 3 is 2.04 bits per heavy atom. The van der Waals surface area contributed by atoms with E-state index in [2.05, 4.69) is 13.8 Å². The fourth-order valence-corrected chi connectivity index (χ4v) is 6.65. The lowest BCUT2D eigenvalue weighted by atomic mass is 9.47. The molecule has 2 heteroatoms. The van der Waals surface area contributed by atoms with Crippen LogP contribution in [0.15, 0.2) is 0 Å². The molecule has 0 aromatic heterocycles. The van der Waals surface area contributed by atoms with Crippen LogP contribution in [-0.2, 0) is 9.53 Å². The van der Waals surface area contributed by atoms with E-state index in [-0.39, 0.29) is 11.9 Å².